The topological polar surface area (TPSA) is 21.3 Å². The highest BCUT2D eigenvalue weighted by Gasteiger charge is 2.01. The first-order valence-corrected chi connectivity index (χ1v) is 5.25. The van der Waals surface area contributed by atoms with Crippen molar-refractivity contribution in [2.24, 2.45) is 5.92 Å². The van der Waals surface area contributed by atoms with Gasteiger partial charge >= 0.3 is 0 Å². The van der Waals surface area contributed by atoms with Crippen LogP contribution in [0.15, 0.2) is 24.3 Å². The maximum Gasteiger partial charge on any atom is 0.123 e. The summed E-state index contributed by atoms with van der Waals surface area (Å²) in [6, 6.07) is 6.12. The molecule has 1 atom stereocenters. The van der Waals surface area contributed by atoms with E-state index in [-0.39, 0.29) is 5.82 Å². The minimum absolute atomic E-state index is 0.231. The van der Waals surface area contributed by atoms with Gasteiger partial charge in [0.25, 0.3) is 0 Å². The molecule has 0 heterocycles. The van der Waals surface area contributed by atoms with E-state index in [9.17, 15) is 4.39 Å². The van der Waals surface area contributed by atoms with Crippen molar-refractivity contribution in [3.05, 3.63) is 30.1 Å². The Morgan fingerprint density at radius 2 is 2.00 bits per heavy atom. The summed E-state index contributed by atoms with van der Waals surface area (Å²) in [6.45, 7) is 3.84. The van der Waals surface area contributed by atoms with E-state index in [2.05, 4.69) is 12.2 Å². The fourth-order valence-electron chi connectivity index (χ4n) is 1.36. The van der Waals surface area contributed by atoms with Gasteiger partial charge in [-0.15, -0.1) is 0 Å². The SMILES string of the molecule is CNCC(C)CCOc1ccc(F)cc1. The zero-order valence-electron chi connectivity index (χ0n) is 9.29. The summed E-state index contributed by atoms with van der Waals surface area (Å²) >= 11 is 0. The quantitative estimate of drug-likeness (QED) is 0.780. The number of halogens is 1. The van der Waals surface area contributed by atoms with E-state index in [1.807, 2.05) is 7.05 Å². The average molecular weight is 211 g/mol. The normalized spacial score (nSPS) is 12.5. The fourth-order valence-corrected chi connectivity index (χ4v) is 1.36. The lowest BCUT2D eigenvalue weighted by Crippen LogP contribution is -2.18. The summed E-state index contributed by atoms with van der Waals surface area (Å²) in [7, 11) is 1.94. The van der Waals surface area contributed by atoms with Crippen LogP contribution in [0.4, 0.5) is 4.39 Å². The molecule has 0 fully saturated rings. The predicted molar refractivity (Wildman–Crippen MR) is 59.6 cm³/mol. The molecule has 84 valence electrons. The Balaban J connectivity index is 2.22. The van der Waals surface area contributed by atoms with E-state index in [1.165, 1.54) is 12.1 Å². The van der Waals surface area contributed by atoms with Gasteiger partial charge in [0.2, 0.25) is 0 Å². The molecular formula is C12H18FNO. The zero-order chi connectivity index (χ0) is 11.1. The lowest BCUT2D eigenvalue weighted by molar-refractivity contribution is 0.282. The summed E-state index contributed by atoms with van der Waals surface area (Å²) in [6.07, 6.45) is 0.998. The van der Waals surface area contributed by atoms with Crippen LogP contribution in [0.1, 0.15) is 13.3 Å². The van der Waals surface area contributed by atoms with Crippen molar-refractivity contribution in [3.63, 3.8) is 0 Å². The summed E-state index contributed by atoms with van der Waals surface area (Å²) in [5.41, 5.74) is 0. The molecule has 15 heavy (non-hydrogen) atoms. The van der Waals surface area contributed by atoms with E-state index < -0.39 is 0 Å². The van der Waals surface area contributed by atoms with Crippen molar-refractivity contribution in [1.82, 2.24) is 5.32 Å². The van der Waals surface area contributed by atoms with Crippen molar-refractivity contribution in [2.75, 3.05) is 20.2 Å². The molecule has 1 unspecified atom stereocenters. The molecule has 0 aliphatic rings. The Morgan fingerprint density at radius 3 is 2.60 bits per heavy atom. The van der Waals surface area contributed by atoms with Crippen molar-refractivity contribution < 1.29 is 9.13 Å². The lowest BCUT2D eigenvalue weighted by atomic mass is 10.1. The molecule has 0 saturated carbocycles. The number of ether oxygens (including phenoxy) is 1. The maximum atomic E-state index is 12.6. The summed E-state index contributed by atoms with van der Waals surface area (Å²) < 4.78 is 18.1. The first-order valence-electron chi connectivity index (χ1n) is 5.25. The van der Waals surface area contributed by atoms with Gasteiger partial charge in [0.05, 0.1) is 6.61 Å². The minimum atomic E-state index is -0.231. The monoisotopic (exact) mass is 211 g/mol. The second kappa shape index (κ2) is 6.40. The van der Waals surface area contributed by atoms with Crippen LogP contribution in [0.25, 0.3) is 0 Å². The van der Waals surface area contributed by atoms with E-state index in [1.54, 1.807) is 12.1 Å². The molecule has 2 nitrogen and oxygen atoms in total. The van der Waals surface area contributed by atoms with Crippen LogP contribution in [0.2, 0.25) is 0 Å². The first-order chi connectivity index (χ1) is 7.22. The van der Waals surface area contributed by atoms with Crippen LogP contribution in [-0.2, 0) is 0 Å². The summed E-state index contributed by atoms with van der Waals surface area (Å²) in [4.78, 5) is 0. The zero-order valence-corrected chi connectivity index (χ0v) is 9.29. The van der Waals surface area contributed by atoms with Gasteiger partial charge in [-0.3, -0.25) is 0 Å². The molecule has 1 N–H and O–H groups in total. The highest BCUT2D eigenvalue weighted by molar-refractivity contribution is 5.21. The molecule has 0 aliphatic carbocycles. The van der Waals surface area contributed by atoms with Gasteiger partial charge in [0.1, 0.15) is 11.6 Å². The van der Waals surface area contributed by atoms with Gasteiger partial charge in [-0.25, -0.2) is 4.39 Å². The highest BCUT2D eigenvalue weighted by Crippen LogP contribution is 2.12. The Morgan fingerprint density at radius 1 is 1.33 bits per heavy atom. The maximum absolute atomic E-state index is 12.6. The van der Waals surface area contributed by atoms with E-state index >= 15 is 0 Å². The van der Waals surface area contributed by atoms with Crippen LogP contribution >= 0.6 is 0 Å². The largest absolute Gasteiger partial charge is 0.494 e. The summed E-state index contributed by atoms with van der Waals surface area (Å²) in [5.74, 6) is 1.09. The van der Waals surface area contributed by atoms with Crippen molar-refractivity contribution in [3.8, 4) is 5.75 Å². The fraction of sp³-hybridized carbons (Fsp3) is 0.500. The molecule has 1 rings (SSSR count). The second-order valence-corrected chi connectivity index (χ2v) is 3.75. The smallest absolute Gasteiger partial charge is 0.123 e. The Hall–Kier alpha value is -1.09. The van der Waals surface area contributed by atoms with Crippen molar-refractivity contribution >= 4 is 0 Å². The highest BCUT2D eigenvalue weighted by atomic mass is 19.1. The summed E-state index contributed by atoms with van der Waals surface area (Å²) in [5, 5.41) is 3.12. The lowest BCUT2D eigenvalue weighted by Gasteiger charge is -2.11. The molecule has 0 amide bonds. The molecule has 0 bridgehead atoms. The van der Waals surface area contributed by atoms with E-state index in [0.717, 1.165) is 18.7 Å². The number of hydrogen-bond donors (Lipinski definition) is 1. The Bertz CT molecular complexity index is 273. The molecule has 0 aliphatic heterocycles. The number of benzene rings is 1. The van der Waals surface area contributed by atoms with Gasteiger partial charge < -0.3 is 10.1 Å². The number of rotatable bonds is 6. The molecular weight excluding hydrogens is 193 g/mol. The van der Waals surface area contributed by atoms with Crippen LogP contribution in [0.3, 0.4) is 0 Å². The third kappa shape index (κ3) is 4.79. The molecule has 1 aromatic carbocycles. The van der Waals surface area contributed by atoms with Crippen LogP contribution in [0, 0.1) is 11.7 Å². The van der Waals surface area contributed by atoms with Crippen LogP contribution < -0.4 is 10.1 Å². The van der Waals surface area contributed by atoms with Crippen molar-refractivity contribution in [1.29, 1.82) is 0 Å². The molecule has 0 radical (unpaired) electrons. The third-order valence-corrected chi connectivity index (χ3v) is 2.25. The van der Waals surface area contributed by atoms with Gasteiger partial charge in [0.15, 0.2) is 0 Å². The molecule has 0 saturated heterocycles. The minimum Gasteiger partial charge on any atom is -0.494 e. The Labute approximate surface area is 90.4 Å². The average Bonchev–Trinajstić information content (AvgIpc) is 2.21. The Kier molecular flexibility index (Phi) is 5.12. The predicted octanol–water partition coefficient (Wildman–Crippen LogP) is 2.45. The number of nitrogens with one attached hydrogen (secondary N) is 1. The molecule has 1 aromatic rings. The van der Waals surface area contributed by atoms with E-state index in [0.29, 0.717) is 12.5 Å². The van der Waals surface area contributed by atoms with Gasteiger partial charge in [-0.2, -0.15) is 0 Å². The second-order valence-electron chi connectivity index (χ2n) is 3.75. The molecule has 0 aromatic heterocycles. The van der Waals surface area contributed by atoms with Crippen molar-refractivity contribution in [2.45, 2.75) is 13.3 Å². The standard InChI is InChI=1S/C12H18FNO/c1-10(9-14-2)7-8-15-12-5-3-11(13)4-6-12/h3-6,10,14H,7-9H2,1-2H3. The first kappa shape index (κ1) is 12.0. The molecule has 3 heteroatoms. The third-order valence-electron chi connectivity index (χ3n) is 2.25. The van der Waals surface area contributed by atoms with Crippen LogP contribution in [-0.4, -0.2) is 20.2 Å². The van der Waals surface area contributed by atoms with Crippen LogP contribution in [0.5, 0.6) is 5.75 Å². The van der Waals surface area contributed by atoms with E-state index in [4.69, 9.17) is 4.74 Å². The van der Waals surface area contributed by atoms with Gasteiger partial charge in [-0.05, 0) is 50.2 Å². The van der Waals surface area contributed by atoms with Gasteiger partial charge in [-0.1, -0.05) is 6.92 Å². The van der Waals surface area contributed by atoms with Gasteiger partial charge in [0, 0.05) is 0 Å². The molecule has 0 spiro atoms. The number of hydrogen-bond acceptors (Lipinski definition) is 2.